The molecule has 0 fully saturated rings. The average Bonchev–Trinajstić information content (AvgIpc) is 2.30. The molecule has 2 aromatic rings. The molecule has 0 spiro atoms. The predicted molar refractivity (Wildman–Crippen MR) is 75.2 cm³/mol. The summed E-state index contributed by atoms with van der Waals surface area (Å²) in [7, 11) is 0. The normalized spacial score (nSPS) is 8.60. The third-order valence-corrected chi connectivity index (χ3v) is 2.70. The molecule has 0 amide bonds. The number of aromatic hydroxyl groups is 2. The molecule has 2 rings (SSSR count). The van der Waals surface area contributed by atoms with Gasteiger partial charge in [0.1, 0.15) is 11.5 Å². The minimum absolute atomic E-state index is 0. The number of rotatable bonds is 0. The van der Waals surface area contributed by atoms with Gasteiger partial charge in [0.05, 0.1) is 0 Å². The first kappa shape index (κ1) is 21.2. The zero-order valence-electron chi connectivity index (χ0n) is 12.1. The second kappa shape index (κ2) is 9.72. The third kappa shape index (κ3) is 6.86. The Bertz CT molecular complexity index is 492. The van der Waals surface area contributed by atoms with Gasteiger partial charge in [0.15, 0.2) is 0 Å². The number of hydrogen-bond donors (Lipinski definition) is 2. The Morgan fingerprint density at radius 2 is 0.950 bits per heavy atom. The number of phenols is 2. The molecule has 0 aliphatic heterocycles. The van der Waals surface area contributed by atoms with Crippen molar-refractivity contribution in [2.45, 2.75) is 27.7 Å². The topological polar surface area (TPSA) is 40.5 Å². The van der Waals surface area contributed by atoms with Crippen LogP contribution in [0.1, 0.15) is 22.3 Å². The molecule has 0 radical (unpaired) electrons. The molecule has 2 aromatic carbocycles. The van der Waals surface area contributed by atoms with Crippen LogP contribution in [0, 0.1) is 27.7 Å². The van der Waals surface area contributed by atoms with E-state index in [-0.39, 0.29) is 29.8 Å². The van der Waals surface area contributed by atoms with Gasteiger partial charge in [0, 0.05) is 17.4 Å². The largest absolute Gasteiger partial charge is 1.00 e. The Morgan fingerprint density at radius 1 is 0.650 bits per heavy atom. The maximum Gasteiger partial charge on any atom is 0.118 e. The zero-order valence-corrected chi connectivity index (χ0v) is 14.2. The quantitative estimate of drug-likeness (QED) is 0.757. The molecule has 0 saturated carbocycles. The van der Waals surface area contributed by atoms with Crippen molar-refractivity contribution in [1.82, 2.24) is 0 Å². The average molecular weight is 332 g/mol. The molecular formula is C16H20ClCrO2-. The Balaban J connectivity index is 0. The summed E-state index contributed by atoms with van der Waals surface area (Å²) in [5.74, 6) is 0.751. The van der Waals surface area contributed by atoms with Gasteiger partial charge in [-0.2, -0.15) is 0 Å². The van der Waals surface area contributed by atoms with E-state index >= 15 is 0 Å². The van der Waals surface area contributed by atoms with Gasteiger partial charge in [0.25, 0.3) is 0 Å². The molecule has 0 bridgehead atoms. The summed E-state index contributed by atoms with van der Waals surface area (Å²) in [5.41, 5.74) is 4.25. The summed E-state index contributed by atoms with van der Waals surface area (Å²) in [6.45, 7) is 7.80. The van der Waals surface area contributed by atoms with E-state index in [0.29, 0.717) is 11.5 Å². The number of hydrogen-bond acceptors (Lipinski definition) is 2. The van der Waals surface area contributed by atoms with Gasteiger partial charge in [-0.05, 0) is 51.0 Å². The Labute approximate surface area is 138 Å². The predicted octanol–water partition coefficient (Wildman–Crippen LogP) is 1.02. The number of aryl methyl sites for hydroxylation is 4. The van der Waals surface area contributed by atoms with Crippen LogP contribution in [-0.2, 0) is 17.4 Å². The van der Waals surface area contributed by atoms with Crippen LogP contribution < -0.4 is 12.4 Å². The molecule has 0 saturated heterocycles. The van der Waals surface area contributed by atoms with Crippen molar-refractivity contribution >= 4 is 0 Å². The third-order valence-electron chi connectivity index (χ3n) is 2.70. The van der Waals surface area contributed by atoms with Crippen LogP contribution in [0.4, 0.5) is 0 Å². The van der Waals surface area contributed by atoms with Crippen LogP contribution in [0.25, 0.3) is 0 Å². The van der Waals surface area contributed by atoms with Gasteiger partial charge < -0.3 is 22.6 Å². The Hall–Kier alpha value is -1.14. The van der Waals surface area contributed by atoms with Crippen LogP contribution in [0.5, 0.6) is 11.5 Å². The van der Waals surface area contributed by atoms with Crippen LogP contribution in [0.3, 0.4) is 0 Å². The van der Waals surface area contributed by atoms with Crippen molar-refractivity contribution in [3.05, 3.63) is 58.7 Å². The maximum absolute atomic E-state index is 9.04. The van der Waals surface area contributed by atoms with E-state index in [2.05, 4.69) is 0 Å². The number of halogens is 1. The van der Waals surface area contributed by atoms with Gasteiger partial charge in [-0.1, -0.05) is 35.4 Å². The minimum atomic E-state index is 0. The minimum Gasteiger partial charge on any atom is -1.00 e. The molecule has 0 aliphatic rings. The summed E-state index contributed by atoms with van der Waals surface area (Å²) >= 11 is 0. The fraction of sp³-hybridized carbons (Fsp3) is 0.250. The van der Waals surface area contributed by atoms with Gasteiger partial charge in [0.2, 0.25) is 0 Å². The van der Waals surface area contributed by atoms with Crippen molar-refractivity contribution in [3.63, 3.8) is 0 Å². The van der Waals surface area contributed by atoms with Crippen molar-refractivity contribution in [2.75, 3.05) is 0 Å². The molecule has 110 valence electrons. The Morgan fingerprint density at radius 3 is 1.15 bits per heavy atom. The van der Waals surface area contributed by atoms with E-state index in [9.17, 15) is 0 Å². The van der Waals surface area contributed by atoms with Crippen molar-refractivity contribution in [1.29, 1.82) is 0 Å². The van der Waals surface area contributed by atoms with E-state index in [1.165, 1.54) is 11.1 Å². The van der Waals surface area contributed by atoms with Crippen molar-refractivity contribution in [2.24, 2.45) is 0 Å². The van der Waals surface area contributed by atoms with Crippen LogP contribution in [0.2, 0.25) is 0 Å². The molecule has 2 nitrogen and oxygen atoms in total. The van der Waals surface area contributed by atoms with E-state index in [0.717, 1.165) is 11.1 Å². The van der Waals surface area contributed by atoms with Gasteiger partial charge >= 0.3 is 0 Å². The summed E-state index contributed by atoms with van der Waals surface area (Å²) in [6, 6.07) is 11.1. The second-order valence-corrected chi connectivity index (χ2v) is 4.58. The SMILES string of the molecule is Cc1ccc(O)c(C)c1.Cc1ccc(O)c(C)c1.[Cl-].[Cr]. The standard InChI is InChI=1S/2C8H10O.ClH.Cr/c2*1-6-3-4-8(9)7(2)5-6;;/h2*3-5,9H,1-2H3;1H;/p-1. The maximum atomic E-state index is 9.04. The molecule has 0 aliphatic carbocycles. The van der Waals surface area contributed by atoms with Gasteiger partial charge in [-0.15, -0.1) is 0 Å². The smallest absolute Gasteiger partial charge is 0.118 e. The van der Waals surface area contributed by atoms with E-state index < -0.39 is 0 Å². The first-order valence-electron chi connectivity index (χ1n) is 5.92. The van der Waals surface area contributed by atoms with E-state index in [1.807, 2.05) is 52.0 Å². The molecule has 0 unspecified atom stereocenters. The van der Waals surface area contributed by atoms with Crippen LogP contribution in [-0.4, -0.2) is 10.2 Å². The summed E-state index contributed by atoms with van der Waals surface area (Å²) in [6.07, 6.45) is 0. The van der Waals surface area contributed by atoms with Gasteiger partial charge in [-0.25, -0.2) is 0 Å². The fourth-order valence-corrected chi connectivity index (χ4v) is 1.61. The van der Waals surface area contributed by atoms with Crippen molar-refractivity contribution < 1.29 is 40.0 Å². The first-order valence-corrected chi connectivity index (χ1v) is 5.92. The zero-order chi connectivity index (χ0) is 13.7. The van der Waals surface area contributed by atoms with Crippen LogP contribution in [0.15, 0.2) is 36.4 Å². The molecule has 20 heavy (non-hydrogen) atoms. The second-order valence-electron chi connectivity index (χ2n) is 4.58. The molecule has 0 aromatic heterocycles. The number of phenolic OH excluding ortho intramolecular Hbond substituents is 2. The van der Waals surface area contributed by atoms with Crippen LogP contribution >= 0.6 is 0 Å². The first-order chi connectivity index (χ1) is 8.40. The molecular weight excluding hydrogens is 312 g/mol. The molecule has 0 heterocycles. The van der Waals surface area contributed by atoms with E-state index in [1.54, 1.807) is 12.1 Å². The summed E-state index contributed by atoms with van der Waals surface area (Å²) in [4.78, 5) is 0. The van der Waals surface area contributed by atoms with Crippen molar-refractivity contribution in [3.8, 4) is 11.5 Å². The van der Waals surface area contributed by atoms with Gasteiger partial charge in [-0.3, -0.25) is 0 Å². The monoisotopic (exact) mass is 331 g/mol. The summed E-state index contributed by atoms with van der Waals surface area (Å²) < 4.78 is 0. The number of benzene rings is 2. The molecule has 2 N–H and O–H groups in total. The molecule has 0 atom stereocenters. The van der Waals surface area contributed by atoms with E-state index in [4.69, 9.17) is 10.2 Å². The Kier molecular flexibility index (Phi) is 10.3. The fourth-order valence-electron chi connectivity index (χ4n) is 1.61. The molecule has 4 heteroatoms. The summed E-state index contributed by atoms with van der Waals surface area (Å²) in [5, 5.41) is 18.1.